The summed E-state index contributed by atoms with van der Waals surface area (Å²) in [6.07, 6.45) is 4.54. The van der Waals surface area contributed by atoms with Crippen molar-refractivity contribution in [3.05, 3.63) is 16.1 Å². The van der Waals surface area contributed by atoms with Crippen molar-refractivity contribution >= 4 is 11.3 Å². The van der Waals surface area contributed by atoms with E-state index < -0.39 is 0 Å². The summed E-state index contributed by atoms with van der Waals surface area (Å²) >= 11 is 1.76. The fourth-order valence-electron chi connectivity index (χ4n) is 4.40. The monoisotopic (exact) mass is 351 g/mol. The molecule has 4 heterocycles. The van der Waals surface area contributed by atoms with E-state index in [0.717, 1.165) is 52.3 Å². The van der Waals surface area contributed by atoms with Crippen molar-refractivity contribution in [2.24, 2.45) is 0 Å². The molecule has 0 aromatic carbocycles. The van der Waals surface area contributed by atoms with Crippen molar-refractivity contribution in [3.8, 4) is 0 Å². The first kappa shape index (κ1) is 16.9. The summed E-state index contributed by atoms with van der Waals surface area (Å²) in [6.45, 7) is 10.4. The molecular formula is C18H29N3O2S. The summed E-state index contributed by atoms with van der Waals surface area (Å²) in [5, 5.41) is 3.38. The Morgan fingerprint density at radius 2 is 2.00 bits per heavy atom. The minimum atomic E-state index is 0.108. The molecule has 1 spiro atoms. The van der Waals surface area contributed by atoms with Crippen LogP contribution in [0.3, 0.4) is 0 Å². The van der Waals surface area contributed by atoms with Gasteiger partial charge in [-0.25, -0.2) is 4.98 Å². The molecule has 0 bridgehead atoms. The Bertz CT molecular complexity index is 531. The third-order valence-electron chi connectivity index (χ3n) is 5.85. The largest absolute Gasteiger partial charge is 0.381 e. The molecular weight excluding hydrogens is 322 g/mol. The zero-order valence-electron chi connectivity index (χ0n) is 14.7. The van der Waals surface area contributed by atoms with E-state index in [1.807, 2.05) is 0 Å². The number of nitrogens with zero attached hydrogens (tertiary/aromatic N) is 3. The van der Waals surface area contributed by atoms with Crippen LogP contribution in [0.4, 0.5) is 0 Å². The molecule has 1 aromatic heterocycles. The Morgan fingerprint density at radius 1 is 1.21 bits per heavy atom. The summed E-state index contributed by atoms with van der Waals surface area (Å²) < 4.78 is 11.8. The van der Waals surface area contributed by atoms with Crippen LogP contribution < -0.4 is 0 Å². The molecule has 0 aliphatic carbocycles. The number of rotatable bonds is 3. The van der Waals surface area contributed by atoms with Gasteiger partial charge in [0.25, 0.3) is 0 Å². The number of hydrogen-bond donors (Lipinski definition) is 0. The topological polar surface area (TPSA) is 37.8 Å². The SMILES string of the molecule is Cc1nc(CN2CCN([C@@H]3CCOC4(CCOCC4)C3)CC2)cs1. The number of aromatic nitrogens is 1. The molecule has 24 heavy (non-hydrogen) atoms. The average Bonchev–Trinajstić information content (AvgIpc) is 3.01. The first-order chi connectivity index (χ1) is 11.7. The molecule has 4 rings (SSSR count). The maximum atomic E-state index is 6.21. The minimum absolute atomic E-state index is 0.108. The van der Waals surface area contributed by atoms with Gasteiger partial charge in [-0.3, -0.25) is 9.80 Å². The third-order valence-corrected chi connectivity index (χ3v) is 6.67. The van der Waals surface area contributed by atoms with Crippen molar-refractivity contribution in [1.82, 2.24) is 14.8 Å². The molecule has 6 heteroatoms. The van der Waals surface area contributed by atoms with Gasteiger partial charge < -0.3 is 9.47 Å². The van der Waals surface area contributed by atoms with Gasteiger partial charge >= 0.3 is 0 Å². The zero-order valence-corrected chi connectivity index (χ0v) is 15.5. The van der Waals surface area contributed by atoms with Gasteiger partial charge in [0.05, 0.1) is 16.3 Å². The zero-order chi connectivity index (χ0) is 16.4. The maximum Gasteiger partial charge on any atom is 0.0897 e. The Labute approximate surface area is 148 Å². The molecule has 0 radical (unpaired) electrons. The van der Waals surface area contributed by atoms with Crippen molar-refractivity contribution in [3.63, 3.8) is 0 Å². The Hall–Kier alpha value is -0.530. The van der Waals surface area contributed by atoms with Crippen LogP contribution in [-0.2, 0) is 16.0 Å². The molecule has 0 saturated carbocycles. The normalized spacial score (nSPS) is 29.1. The summed E-state index contributed by atoms with van der Waals surface area (Å²) in [4.78, 5) is 9.87. The number of piperazine rings is 1. The Kier molecular flexibility index (Phi) is 5.20. The standard InChI is InChI=1S/C18H29N3O2S/c1-15-19-16(14-24-15)13-20-5-7-21(8-6-20)17-2-9-23-18(12-17)3-10-22-11-4-18/h14,17H,2-13H2,1H3/t17-/m1/s1. The third kappa shape index (κ3) is 3.83. The van der Waals surface area contributed by atoms with Crippen molar-refractivity contribution < 1.29 is 9.47 Å². The summed E-state index contributed by atoms with van der Waals surface area (Å²) in [7, 11) is 0. The molecule has 3 saturated heterocycles. The second-order valence-electron chi connectivity index (χ2n) is 7.46. The van der Waals surface area contributed by atoms with Crippen LogP contribution in [0.1, 0.15) is 36.4 Å². The Morgan fingerprint density at radius 3 is 2.71 bits per heavy atom. The van der Waals surface area contributed by atoms with Crippen LogP contribution in [-0.4, -0.2) is 72.4 Å². The lowest BCUT2D eigenvalue weighted by Gasteiger charge is -2.48. The van der Waals surface area contributed by atoms with Crippen molar-refractivity contribution in [1.29, 1.82) is 0 Å². The minimum Gasteiger partial charge on any atom is -0.381 e. The highest BCUT2D eigenvalue weighted by molar-refractivity contribution is 7.09. The highest BCUT2D eigenvalue weighted by Crippen LogP contribution is 2.36. The number of hydrogen-bond acceptors (Lipinski definition) is 6. The van der Waals surface area contributed by atoms with Crippen LogP contribution in [0.2, 0.25) is 0 Å². The van der Waals surface area contributed by atoms with Crippen LogP contribution >= 0.6 is 11.3 Å². The highest BCUT2D eigenvalue weighted by Gasteiger charge is 2.41. The molecule has 3 aliphatic rings. The fourth-order valence-corrected chi connectivity index (χ4v) is 5.01. The average molecular weight is 352 g/mol. The van der Waals surface area contributed by atoms with Gasteiger partial charge in [0.15, 0.2) is 0 Å². The van der Waals surface area contributed by atoms with E-state index in [4.69, 9.17) is 9.47 Å². The first-order valence-electron chi connectivity index (χ1n) is 9.32. The number of thiazole rings is 1. The predicted octanol–water partition coefficient (Wildman–Crippen LogP) is 2.30. The lowest BCUT2D eigenvalue weighted by molar-refractivity contribution is -0.153. The van der Waals surface area contributed by atoms with E-state index >= 15 is 0 Å². The van der Waals surface area contributed by atoms with E-state index in [9.17, 15) is 0 Å². The quantitative estimate of drug-likeness (QED) is 0.835. The van der Waals surface area contributed by atoms with Crippen LogP contribution in [0.15, 0.2) is 5.38 Å². The smallest absolute Gasteiger partial charge is 0.0897 e. The van der Waals surface area contributed by atoms with Gasteiger partial charge in [-0.1, -0.05) is 0 Å². The lowest BCUT2D eigenvalue weighted by atomic mass is 9.83. The van der Waals surface area contributed by atoms with Gasteiger partial charge in [0.2, 0.25) is 0 Å². The molecule has 3 fully saturated rings. The van der Waals surface area contributed by atoms with E-state index in [-0.39, 0.29) is 5.60 Å². The van der Waals surface area contributed by atoms with Crippen LogP contribution in [0.5, 0.6) is 0 Å². The predicted molar refractivity (Wildman–Crippen MR) is 95.5 cm³/mol. The highest BCUT2D eigenvalue weighted by atomic mass is 32.1. The number of aryl methyl sites for hydroxylation is 1. The lowest BCUT2D eigenvalue weighted by Crippen LogP contribution is -2.55. The second kappa shape index (κ2) is 7.38. The Balaban J connectivity index is 1.29. The van der Waals surface area contributed by atoms with Gasteiger partial charge in [-0.15, -0.1) is 11.3 Å². The number of ether oxygens (including phenoxy) is 2. The summed E-state index contributed by atoms with van der Waals surface area (Å²) in [5.74, 6) is 0. The maximum absolute atomic E-state index is 6.21. The van der Waals surface area contributed by atoms with E-state index in [1.54, 1.807) is 11.3 Å². The molecule has 5 nitrogen and oxygen atoms in total. The fraction of sp³-hybridized carbons (Fsp3) is 0.833. The van der Waals surface area contributed by atoms with Gasteiger partial charge in [-0.05, 0) is 32.6 Å². The second-order valence-corrected chi connectivity index (χ2v) is 8.52. The molecule has 0 N–H and O–H groups in total. The van der Waals surface area contributed by atoms with Gasteiger partial charge in [0.1, 0.15) is 0 Å². The molecule has 134 valence electrons. The van der Waals surface area contributed by atoms with E-state index in [1.165, 1.54) is 36.6 Å². The summed E-state index contributed by atoms with van der Waals surface area (Å²) in [6, 6.07) is 0.695. The van der Waals surface area contributed by atoms with Crippen LogP contribution in [0, 0.1) is 6.92 Å². The molecule has 1 aromatic rings. The van der Waals surface area contributed by atoms with E-state index in [0.29, 0.717) is 6.04 Å². The first-order valence-corrected chi connectivity index (χ1v) is 10.2. The van der Waals surface area contributed by atoms with E-state index in [2.05, 4.69) is 27.1 Å². The van der Waals surface area contributed by atoms with Crippen molar-refractivity contribution in [2.75, 3.05) is 46.0 Å². The van der Waals surface area contributed by atoms with Gasteiger partial charge in [-0.2, -0.15) is 0 Å². The van der Waals surface area contributed by atoms with Crippen LogP contribution in [0.25, 0.3) is 0 Å². The van der Waals surface area contributed by atoms with Gasteiger partial charge in [0, 0.05) is 64.0 Å². The summed E-state index contributed by atoms with van der Waals surface area (Å²) in [5.41, 5.74) is 1.34. The molecule has 3 aliphatic heterocycles. The molecule has 0 unspecified atom stereocenters. The molecule has 0 amide bonds. The molecule has 1 atom stereocenters. The van der Waals surface area contributed by atoms with Crippen molar-refractivity contribution in [2.45, 2.75) is 50.8 Å².